The molecule has 0 saturated carbocycles. The molecule has 0 radical (unpaired) electrons. The van der Waals surface area contributed by atoms with Crippen LogP contribution in [0.5, 0.6) is 0 Å². The molecule has 116 valence electrons. The van der Waals surface area contributed by atoms with Crippen LogP contribution < -0.4 is 10.0 Å². The number of hydrogen-bond donors (Lipinski definition) is 2. The van der Waals surface area contributed by atoms with Gasteiger partial charge in [-0.3, -0.25) is 0 Å². The molecule has 2 aromatic carbocycles. The molecule has 1 aliphatic heterocycles. The van der Waals surface area contributed by atoms with Crippen molar-refractivity contribution in [1.82, 2.24) is 10.0 Å². The molecule has 1 heterocycles. The van der Waals surface area contributed by atoms with E-state index in [0.29, 0.717) is 5.56 Å². The van der Waals surface area contributed by atoms with Crippen molar-refractivity contribution in [2.75, 3.05) is 0 Å². The molecule has 0 bridgehead atoms. The topological polar surface area (TPSA) is 58.2 Å². The molecule has 3 rings (SSSR count). The Morgan fingerprint density at radius 2 is 1.91 bits per heavy atom. The van der Waals surface area contributed by atoms with Crippen LogP contribution in [0.25, 0.3) is 0 Å². The van der Waals surface area contributed by atoms with E-state index in [9.17, 15) is 12.8 Å². The minimum absolute atomic E-state index is 0.0570. The molecule has 0 aliphatic carbocycles. The standard InChI is InChI=1S/C16H17FN2O2S/c1-11-2-5-15(7-16(11)17)22(20,21)19-8-12-3-4-13-9-18-10-14(13)6-12/h2-7,18-19H,8-10H2,1H3. The molecule has 22 heavy (non-hydrogen) atoms. The number of hydrogen-bond acceptors (Lipinski definition) is 3. The van der Waals surface area contributed by atoms with E-state index in [1.165, 1.54) is 23.3 Å². The Hall–Kier alpha value is -1.76. The summed E-state index contributed by atoms with van der Waals surface area (Å²) in [6.45, 7) is 3.44. The van der Waals surface area contributed by atoms with Crippen LogP contribution in [0.2, 0.25) is 0 Å². The fraction of sp³-hybridized carbons (Fsp3) is 0.250. The average Bonchev–Trinajstić information content (AvgIpc) is 2.95. The van der Waals surface area contributed by atoms with Gasteiger partial charge in [0.25, 0.3) is 0 Å². The van der Waals surface area contributed by atoms with Crippen molar-refractivity contribution in [3.63, 3.8) is 0 Å². The van der Waals surface area contributed by atoms with Crippen molar-refractivity contribution < 1.29 is 12.8 Å². The van der Waals surface area contributed by atoms with Crippen molar-refractivity contribution in [1.29, 1.82) is 0 Å². The summed E-state index contributed by atoms with van der Waals surface area (Å²) in [4.78, 5) is -0.0570. The van der Waals surface area contributed by atoms with Gasteiger partial charge in [0.05, 0.1) is 4.90 Å². The van der Waals surface area contributed by atoms with Gasteiger partial charge < -0.3 is 5.32 Å². The lowest BCUT2D eigenvalue weighted by atomic mass is 10.1. The van der Waals surface area contributed by atoms with Gasteiger partial charge in [0.1, 0.15) is 5.82 Å². The molecule has 1 aliphatic rings. The number of halogens is 1. The molecule has 0 atom stereocenters. The molecule has 0 aromatic heterocycles. The molecular weight excluding hydrogens is 303 g/mol. The molecule has 0 saturated heterocycles. The van der Waals surface area contributed by atoms with E-state index in [0.717, 1.165) is 24.7 Å². The molecular formula is C16H17FN2O2S. The van der Waals surface area contributed by atoms with E-state index < -0.39 is 15.8 Å². The van der Waals surface area contributed by atoms with Gasteiger partial charge in [-0.1, -0.05) is 24.3 Å². The van der Waals surface area contributed by atoms with Gasteiger partial charge in [-0.2, -0.15) is 0 Å². The van der Waals surface area contributed by atoms with Crippen LogP contribution in [-0.4, -0.2) is 8.42 Å². The van der Waals surface area contributed by atoms with Gasteiger partial charge in [0, 0.05) is 19.6 Å². The highest BCUT2D eigenvalue weighted by atomic mass is 32.2. The normalized spacial score (nSPS) is 14.1. The van der Waals surface area contributed by atoms with Gasteiger partial charge >= 0.3 is 0 Å². The Morgan fingerprint density at radius 3 is 2.68 bits per heavy atom. The second-order valence-electron chi connectivity index (χ2n) is 5.44. The lowest BCUT2D eigenvalue weighted by Gasteiger charge is -2.09. The van der Waals surface area contributed by atoms with Crippen LogP contribution in [0.15, 0.2) is 41.3 Å². The van der Waals surface area contributed by atoms with Gasteiger partial charge in [0.15, 0.2) is 0 Å². The van der Waals surface area contributed by atoms with Crippen LogP contribution >= 0.6 is 0 Å². The zero-order valence-corrected chi connectivity index (χ0v) is 13.0. The first-order chi connectivity index (χ1) is 10.5. The molecule has 4 nitrogen and oxygen atoms in total. The van der Waals surface area contributed by atoms with Crippen molar-refractivity contribution >= 4 is 10.0 Å². The Bertz CT molecular complexity index is 819. The van der Waals surface area contributed by atoms with Crippen LogP contribution in [0, 0.1) is 12.7 Å². The highest BCUT2D eigenvalue weighted by Crippen LogP contribution is 2.18. The SMILES string of the molecule is Cc1ccc(S(=O)(=O)NCc2ccc3c(c2)CNC3)cc1F. The second kappa shape index (κ2) is 5.79. The van der Waals surface area contributed by atoms with Crippen molar-refractivity contribution in [2.24, 2.45) is 0 Å². The maximum atomic E-state index is 13.5. The largest absolute Gasteiger partial charge is 0.309 e. The van der Waals surface area contributed by atoms with E-state index in [1.807, 2.05) is 18.2 Å². The number of sulfonamides is 1. The molecule has 0 unspecified atom stereocenters. The Kier molecular flexibility index (Phi) is 3.99. The van der Waals surface area contributed by atoms with E-state index in [-0.39, 0.29) is 11.4 Å². The monoisotopic (exact) mass is 320 g/mol. The summed E-state index contributed by atoms with van der Waals surface area (Å²) in [6, 6.07) is 9.82. The zero-order valence-electron chi connectivity index (χ0n) is 12.2. The number of benzene rings is 2. The van der Waals surface area contributed by atoms with E-state index >= 15 is 0 Å². The quantitative estimate of drug-likeness (QED) is 0.908. The first-order valence-electron chi connectivity index (χ1n) is 7.03. The summed E-state index contributed by atoms with van der Waals surface area (Å²) in [7, 11) is -3.72. The van der Waals surface area contributed by atoms with Crippen molar-refractivity contribution in [3.05, 3.63) is 64.5 Å². The Labute approximate surface area is 129 Å². The zero-order chi connectivity index (χ0) is 15.7. The molecule has 0 fully saturated rings. The summed E-state index contributed by atoms with van der Waals surface area (Å²) in [6.07, 6.45) is 0. The van der Waals surface area contributed by atoms with Crippen LogP contribution in [0.1, 0.15) is 22.3 Å². The van der Waals surface area contributed by atoms with Crippen LogP contribution in [-0.2, 0) is 29.7 Å². The average molecular weight is 320 g/mol. The first kappa shape index (κ1) is 15.1. The third-order valence-corrected chi connectivity index (χ3v) is 5.22. The van der Waals surface area contributed by atoms with E-state index in [4.69, 9.17) is 0 Å². The Balaban J connectivity index is 1.76. The summed E-state index contributed by atoms with van der Waals surface area (Å²) < 4.78 is 40.5. The Morgan fingerprint density at radius 1 is 1.14 bits per heavy atom. The smallest absolute Gasteiger partial charge is 0.240 e. The molecule has 0 amide bonds. The minimum Gasteiger partial charge on any atom is -0.309 e. The van der Waals surface area contributed by atoms with Crippen LogP contribution in [0.4, 0.5) is 4.39 Å². The third kappa shape index (κ3) is 3.04. The number of fused-ring (bicyclic) bond motifs is 1. The van der Waals surface area contributed by atoms with Gasteiger partial charge in [-0.15, -0.1) is 0 Å². The summed E-state index contributed by atoms with van der Waals surface area (Å²) in [5.74, 6) is -0.522. The lowest BCUT2D eigenvalue weighted by Crippen LogP contribution is -2.23. The van der Waals surface area contributed by atoms with Crippen molar-refractivity contribution in [3.8, 4) is 0 Å². The summed E-state index contributed by atoms with van der Waals surface area (Å²) in [5.41, 5.74) is 3.74. The molecule has 0 spiro atoms. The number of rotatable bonds is 4. The highest BCUT2D eigenvalue weighted by Gasteiger charge is 2.16. The summed E-state index contributed by atoms with van der Waals surface area (Å²) in [5, 5.41) is 3.24. The fourth-order valence-electron chi connectivity index (χ4n) is 2.46. The second-order valence-corrected chi connectivity index (χ2v) is 7.21. The third-order valence-electron chi connectivity index (χ3n) is 3.82. The van der Waals surface area contributed by atoms with E-state index in [2.05, 4.69) is 10.0 Å². The first-order valence-corrected chi connectivity index (χ1v) is 8.51. The van der Waals surface area contributed by atoms with Gasteiger partial charge in [0.2, 0.25) is 10.0 Å². The maximum Gasteiger partial charge on any atom is 0.240 e. The predicted octanol–water partition coefficient (Wildman–Crippen LogP) is 2.22. The maximum absolute atomic E-state index is 13.5. The van der Waals surface area contributed by atoms with Crippen LogP contribution in [0.3, 0.4) is 0 Å². The highest BCUT2D eigenvalue weighted by molar-refractivity contribution is 7.89. The minimum atomic E-state index is -3.72. The number of aryl methyl sites for hydroxylation is 1. The van der Waals surface area contributed by atoms with Gasteiger partial charge in [-0.05, 0) is 41.3 Å². The predicted molar refractivity (Wildman–Crippen MR) is 82.1 cm³/mol. The summed E-state index contributed by atoms with van der Waals surface area (Å²) >= 11 is 0. The number of nitrogens with one attached hydrogen (secondary N) is 2. The van der Waals surface area contributed by atoms with E-state index in [1.54, 1.807) is 6.92 Å². The molecule has 2 N–H and O–H groups in total. The molecule has 6 heteroatoms. The molecule has 2 aromatic rings. The van der Waals surface area contributed by atoms with Crippen molar-refractivity contribution in [2.45, 2.75) is 31.5 Å². The fourth-order valence-corrected chi connectivity index (χ4v) is 3.49. The lowest BCUT2D eigenvalue weighted by molar-refractivity contribution is 0.576. The van der Waals surface area contributed by atoms with Gasteiger partial charge in [-0.25, -0.2) is 17.5 Å².